The lowest BCUT2D eigenvalue weighted by atomic mass is 9.80. The summed E-state index contributed by atoms with van der Waals surface area (Å²) in [7, 11) is 1.35. The second-order valence-electron chi connectivity index (χ2n) is 21.1. The number of methoxy groups -OCH3 is 1. The first-order valence-electron chi connectivity index (χ1n) is 25.3. The van der Waals surface area contributed by atoms with Gasteiger partial charge in [-0.15, -0.1) is 0 Å². The normalized spacial score (nSPS) is 26.1. The number of nitrogens with one attached hydrogen (secondary N) is 4. The maximum atomic E-state index is 13.7. The van der Waals surface area contributed by atoms with Gasteiger partial charge in [0.1, 0.15) is 11.7 Å². The highest BCUT2D eigenvalue weighted by atomic mass is 16.5. The van der Waals surface area contributed by atoms with E-state index in [4.69, 9.17) is 9.47 Å². The Bertz CT molecular complexity index is 2270. The van der Waals surface area contributed by atoms with Gasteiger partial charge in [0.15, 0.2) is 5.78 Å². The molecular weight excluding hydrogens is 813 g/mol. The molecule has 5 N–H and O–H groups in total. The van der Waals surface area contributed by atoms with E-state index in [-0.39, 0.29) is 47.6 Å². The zero-order valence-electron chi connectivity index (χ0n) is 41.9. The minimum absolute atomic E-state index is 0.0129. The van der Waals surface area contributed by atoms with Crippen LogP contribution in [0.2, 0.25) is 0 Å². The van der Waals surface area contributed by atoms with E-state index in [1.807, 2.05) is 13.8 Å². The summed E-state index contributed by atoms with van der Waals surface area (Å²) in [6.07, 6.45) is 20.4. The van der Waals surface area contributed by atoms with Crippen LogP contribution in [0.15, 0.2) is 17.1 Å². The van der Waals surface area contributed by atoms with Gasteiger partial charge in [-0.2, -0.15) is 0 Å². The molecule has 2 aromatic heterocycles. The van der Waals surface area contributed by atoms with Crippen LogP contribution in [-0.2, 0) is 19.1 Å². The maximum absolute atomic E-state index is 13.7. The minimum Gasteiger partial charge on any atom is -0.510 e. The van der Waals surface area contributed by atoms with Crippen LogP contribution in [-0.4, -0.2) is 52.6 Å². The zero-order chi connectivity index (χ0) is 47.3. The van der Waals surface area contributed by atoms with Gasteiger partial charge in [0.05, 0.1) is 30.8 Å². The Morgan fingerprint density at radius 1 is 0.754 bits per heavy atom. The number of esters is 2. The Morgan fingerprint density at radius 3 is 1.94 bits per heavy atom. The van der Waals surface area contributed by atoms with E-state index in [2.05, 4.69) is 94.2 Å². The van der Waals surface area contributed by atoms with Crippen molar-refractivity contribution in [1.82, 2.24) is 20.6 Å². The average molecular weight is 895 g/mol. The highest BCUT2D eigenvalue weighted by Gasteiger charge is 2.47. The van der Waals surface area contributed by atoms with Gasteiger partial charge in [-0.25, -0.2) is 0 Å². The monoisotopic (exact) mass is 895 g/mol. The molecule has 65 heavy (non-hydrogen) atoms. The van der Waals surface area contributed by atoms with Crippen molar-refractivity contribution >= 4 is 47.3 Å². The molecule has 2 aromatic rings. The second kappa shape index (κ2) is 21.9. The molecule has 4 aliphatic rings. The summed E-state index contributed by atoms with van der Waals surface area (Å²) in [5, 5.41) is 20.8. The maximum Gasteiger partial charge on any atom is 0.320 e. The van der Waals surface area contributed by atoms with Crippen molar-refractivity contribution in [3.63, 3.8) is 0 Å². The summed E-state index contributed by atoms with van der Waals surface area (Å²) in [6, 6.07) is -0.426. The third-order valence-corrected chi connectivity index (χ3v) is 15.7. The quantitative estimate of drug-likeness (QED) is 0.0615. The molecule has 2 fully saturated rings. The fourth-order valence-corrected chi connectivity index (χ4v) is 11.5. The van der Waals surface area contributed by atoms with Crippen molar-refractivity contribution in [2.24, 2.45) is 53.3 Å². The van der Waals surface area contributed by atoms with Crippen LogP contribution >= 0.6 is 0 Å². The highest BCUT2D eigenvalue weighted by molar-refractivity contribution is 6.00. The molecule has 0 saturated carbocycles. The number of aromatic amines is 2. The first-order valence-corrected chi connectivity index (χ1v) is 25.3. The number of aromatic nitrogens is 2. The number of carbonyl (C=O) groups is 3. The molecule has 6 rings (SSSR count). The van der Waals surface area contributed by atoms with E-state index < -0.39 is 17.9 Å². The van der Waals surface area contributed by atoms with Crippen molar-refractivity contribution in [2.45, 2.75) is 166 Å². The van der Waals surface area contributed by atoms with Gasteiger partial charge in [-0.3, -0.25) is 14.4 Å². The van der Waals surface area contributed by atoms with Gasteiger partial charge in [0.2, 0.25) is 0 Å². The number of ketones is 1. The number of Topliss-reactive ketones (excluding diaryl/α,β-unsaturated/α-hetero) is 1. The molecule has 0 amide bonds. The molecule has 8 bridgehead atoms. The van der Waals surface area contributed by atoms with E-state index in [9.17, 15) is 19.5 Å². The third kappa shape index (κ3) is 11.2. The SMILES string of the molecule is CC[C@H]1/C2=C\c3[nH]c4c(c3C)=C(O)[C@H](C(=O)OC)C=4[C@@H]3N/C(=C\c4[nH]c(c(C(C)=O)c4C)/C=C(/N2)[C@@H]1C)[C@@H](C)[C@@H]3CCC(=O)OCCC(C)CCC[C@@H](C)CCC[C@@H](C)CCCC(C)C. The summed E-state index contributed by atoms with van der Waals surface area (Å²) in [5.74, 6) is 1.20. The van der Waals surface area contributed by atoms with E-state index in [1.165, 1.54) is 58.5 Å². The van der Waals surface area contributed by atoms with Crippen molar-refractivity contribution in [3.05, 3.63) is 61.4 Å². The lowest BCUT2D eigenvalue weighted by Gasteiger charge is -2.26. The standard InChI is InChI=1S/C55H82N4O6/c1-13-39-34(7)41-29-46-48(38(11)60)36(9)43(57-46)27-42-35(8)40(52(58-42)50-51(55(63)64-12)54(62)49-37(10)44(59-53(49)50)28-45(39)56-41)23-24-47(61)65-26-25-33(6)22-16-21-32(5)20-15-19-31(4)18-14-17-30(2)3/h27-35,39-40,51-52,56-59,62H,13-26H2,1-12H3/b41-29+,42-27-,45-28+/t31-,32-,33?,34+,35-,39+,40-,51+,52+/m0/s1. The van der Waals surface area contributed by atoms with Crippen LogP contribution in [0.3, 0.4) is 0 Å². The van der Waals surface area contributed by atoms with Gasteiger partial charge < -0.3 is 35.2 Å². The van der Waals surface area contributed by atoms with Crippen LogP contribution in [0.5, 0.6) is 0 Å². The summed E-state index contributed by atoms with van der Waals surface area (Å²) in [6.45, 7) is 24.2. The van der Waals surface area contributed by atoms with Crippen LogP contribution in [0.25, 0.3) is 29.6 Å². The Labute approximate surface area is 389 Å². The number of H-pyrrole nitrogens is 2. The number of aliphatic hydroxyl groups is 1. The van der Waals surface area contributed by atoms with Gasteiger partial charge in [-0.1, -0.05) is 113 Å². The fraction of sp³-hybridized carbons (Fsp3) is 0.655. The number of ether oxygens (including phenoxy) is 2. The average Bonchev–Trinajstić information content (AvgIpc) is 4.00. The Hall–Kier alpha value is -4.47. The Kier molecular flexibility index (Phi) is 16.8. The number of allylic oxidation sites excluding steroid dienone is 3. The molecule has 2 saturated heterocycles. The van der Waals surface area contributed by atoms with E-state index in [0.717, 1.165) is 82.3 Å². The molecule has 9 atom stereocenters. The molecule has 1 aliphatic carbocycles. The first kappa shape index (κ1) is 50.0. The van der Waals surface area contributed by atoms with Crippen LogP contribution < -0.4 is 21.2 Å². The number of rotatable bonds is 21. The van der Waals surface area contributed by atoms with Gasteiger partial charge in [0.25, 0.3) is 0 Å². The molecule has 1 unspecified atom stereocenters. The van der Waals surface area contributed by atoms with Gasteiger partial charge >= 0.3 is 11.9 Å². The van der Waals surface area contributed by atoms with E-state index >= 15 is 0 Å². The van der Waals surface area contributed by atoms with Crippen molar-refractivity contribution in [2.75, 3.05) is 13.7 Å². The largest absolute Gasteiger partial charge is 0.510 e. The summed E-state index contributed by atoms with van der Waals surface area (Å²) >= 11 is 0. The number of hydrogen-bond acceptors (Lipinski definition) is 8. The Morgan fingerprint density at radius 2 is 1.34 bits per heavy atom. The predicted molar refractivity (Wildman–Crippen MR) is 264 cm³/mol. The van der Waals surface area contributed by atoms with Crippen molar-refractivity contribution in [1.29, 1.82) is 0 Å². The first-order chi connectivity index (χ1) is 30.9. The topological polar surface area (TPSA) is 146 Å². The molecule has 0 spiro atoms. The molecule has 3 aliphatic heterocycles. The fourth-order valence-electron chi connectivity index (χ4n) is 11.5. The lowest BCUT2D eigenvalue weighted by molar-refractivity contribution is -0.144. The second-order valence-corrected chi connectivity index (χ2v) is 21.1. The molecule has 10 nitrogen and oxygen atoms in total. The third-order valence-electron chi connectivity index (χ3n) is 15.7. The molecule has 10 heteroatoms. The molecular formula is C55H82N4O6. The van der Waals surface area contributed by atoms with Gasteiger partial charge in [-0.05, 0) is 105 Å². The predicted octanol–water partition coefficient (Wildman–Crippen LogP) is 10.8. The number of aliphatic hydroxyl groups excluding tert-OH is 1. The number of carbonyl (C=O) groups excluding carboxylic acids is 3. The number of hydrogen-bond donors (Lipinski definition) is 5. The summed E-state index contributed by atoms with van der Waals surface area (Å²) in [4.78, 5) is 47.7. The molecule has 5 heterocycles. The summed E-state index contributed by atoms with van der Waals surface area (Å²) in [5.41, 5.74) is 8.52. The molecule has 0 radical (unpaired) electrons. The molecule has 358 valence electrons. The van der Waals surface area contributed by atoms with Crippen LogP contribution in [0, 0.1) is 67.1 Å². The van der Waals surface area contributed by atoms with Crippen molar-refractivity contribution in [3.8, 4) is 0 Å². The molecule has 0 aromatic carbocycles. The van der Waals surface area contributed by atoms with Crippen molar-refractivity contribution < 1.29 is 29.0 Å². The van der Waals surface area contributed by atoms with E-state index in [0.29, 0.717) is 40.6 Å². The number of fused-ring (bicyclic) bond motifs is 8. The zero-order valence-corrected chi connectivity index (χ0v) is 41.9. The summed E-state index contributed by atoms with van der Waals surface area (Å²) < 4.78 is 11.3. The van der Waals surface area contributed by atoms with Crippen LogP contribution in [0.4, 0.5) is 0 Å². The lowest BCUT2D eigenvalue weighted by Crippen LogP contribution is -2.38. The van der Waals surface area contributed by atoms with E-state index in [1.54, 1.807) is 6.92 Å². The minimum atomic E-state index is -1.01. The smallest absolute Gasteiger partial charge is 0.320 e. The van der Waals surface area contributed by atoms with Gasteiger partial charge in [0, 0.05) is 63.4 Å². The highest BCUT2D eigenvalue weighted by Crippen LogP contribution is 2.43. The Balaban J connectivity index is 1.18. The van der Waals surface area contributed by atoms with Crippen LogP contribution in [0.1, 0.15) is 184 Å².